The molecule has 3 aromatic rings. The Morgan fingerprint density at radius 1 is 0.744 bits per heavy atom. The molecule has 0 radical (unpaired) electrons. The highest BCUT2D eigenvalue weighted by Gasteiger charge is 2.18. The Labute approximate surface area is 253 Å². The molecule has 0 atom stereocenters. The number of benzene rings is 3. The molecule has 0 aromatic heterocycles. The van der Waals surface area contributed by atoms with Gasteiger partial charge in [-0.05, 0) is 61.7 Å². The lowest BCUT2D eigenvalue weighted by atomic mass is 10.0. The molecule has 0 saturated carbocycles. The summed E-state index contributed by atoms with van der Waals surface area (Å²) in [5.41, 5.74) is 3.39. The first kappa shape index (κ1) is 33.0. The number of esters is 2. The normalized spacial score (nSPS) is 10.5. The van der Waals surface area contributed by atoms with Crippen molar-refractivity contribution >= 4 is 17.7 Å². The quantitative estimate of drug-likeness (QED) is 0.103. The van der Waals surface area contributed by atoms with Crippen molar-refractivity contribution in [3.63, 3.8) is 0 Å². The van der Waals surface area contributed by atoms with E-state index < -0.39 is 5.97 Å². The Balaban J connectivity index is 1.69. The summed E-state index contributed by atoms with van der Waals surface area (Å²) < 4.78 is 33.5. The molecule has 0 unspecified atom stereocenters. The van der Waals surface area contributed by atoms with Crippen LogP contribution in [0.15, 0.2) is 54.6 Å². The summed E-state index contributed by atoms with van der Waals surface area (Å²) in [6.07, 6.45) is 2.70. The zero-order valence-corrected chi connectivity index (χ0v) is 25.5. The molecular formula is C34H40O9. The van der Waals surface area contributed by atoms with Gasteiger partial charge in [0.2, 0.25) is 0 Å². The van der Waals surface area contributed by atoms with Crippen LogP contribution in [-0.2, 0) is 33.7 Å². The van der Waals surface area contributed by atoms with Gasteiger partial charge in [0.25, 0.3) is 0 Å². The van der Waals surface area contributed by atoms with Crippen LogP contribution in [0.1, 0.15) is 70.5 Å². The Bertz CT molecular complexity index is 1400. The lowest BCUT2D eigenvalue weighted by Crippen LogP contribution is -2.10. The first-order valence-corrected chi connectivity index (χ1v) is 14.3. The third-order valence-corrected chi connectivity index (χ3v) is 6.74. The topological polar surface area (TPSA) is 107 Å². The number of carbonyl (C=O) groups is 3. The molecule has 0 bridgehead atoms. The van der Waals surface area contributed by atoms with Crippen LogP contribution in [-0.4, -0.2) is 52.3 Å². The molecule has 0 aliphatic carbocycles. The largest absolute Gasteiger partial charge is 0.496 e. The number of rotatable bonds is 17. The van der Waals surface area contributed by atoms with Gasteiger partial charge in [-0.2, -0.15) is 0 Å². The summed E-state index contributed by atoms with van der Waals surface area (Å²) in [6.45, 7) is 4.55. The van der Waals surface area contributed by atoms with Crippen molar-refractivity contribution in [2.24, 2.45) is 0 Å². The van der Waals surface area contributed by atoms with Gasteiger partial charge in [0.15, 0.2) is 5.78 Å². The van der Waals surface area contributed by atoms with Crippen molar-refractivity contribution in [1.29, 1.82) is 0 Å². The van der Waals surface area contributed by atoms with E-state index in [0.29, 0.717) is 60.2 Å². The molecular weight excluding hydrogens is 552 g/mol. The molecule has 0 saturated heterocycles. The zero-order valence-electron chi connectivity index (χ0n) is 25.5. The van der Waals surface area contributed by atoms with Crippen LogP contribution in [0, 0.1) is 0 Å². The maximum atomic E-state index is 12.1. The van der Waals surface area contributed by atoms with Crippen LogP contribution in [0.5, 0.6) is 23.0 Å². The van der Waals surface area contributed by atoms with E-state index in [2.05, 4.69) is 6.92 Å². The van der Waals surface area contributed by atoms with Gasteiger partial charge in [0, 0.05) is 24.0 Å². The van der Waals surface area contributed by atoms with Crippen molar-refractivity contribution in [2.75, 3.05) is 34.5 Å². The number of carbonyl (C=O) groups excluding carboxylic acids is 3. The second-order valence-electron chi connectivity index (χ2n) is 9.77. The van der Waals surface area contributed by atoms with E-state index >= 15 is 0 Å². The van der Waals surface area contributed by atoms with Crippen LogP contribution in [0.3, 0.4) is 0 Å². The molecule has 0 aliphatic rings. The fourth-order valence-corrected chi connectivity index (χ4v) is 4.62. The average Bonchev–Trinajstić information content (AvgIpc) is 3.02. The van der Waals surface area contributed by atoms with E-state index in [0.717, 1.165) is 29.5 Å². The molecule has 9 heteroatoms. The van der Waals surface area contributed by atoms with Crippen LogP contribution in [0.25, 0.3) is 0 Å². The zero-order chi connectivity index (χ0) is 31.2. The van der Waals surface area contributed by atoms with Gasteiger partial charge in [-0.25, -0.2) is 4.79 Å². The van der Waals surface area contributed by atoms with Gasteiger partial charge in [0.05, 0.1) is 45.7 Å². The highest BCUT2D eigenvalue weighted by Crippen LogP contribution is 2.34. The van der Waals surface area contributed by atoms with E-state index in [4.69, 9.17) is 28.4 Å². The minimum absolute atomic E-state index is 0.0573. The molecule has 3 rings (SSSR count). The van der Waals surface area contributed by atoms with Gasteiger partial charge < -0.3 is 28.4 Å². The molecule has 43 heavy (non-hydrogen) atoms. The molecule has 9 nitrogen and oxygen atoms in total. The van der Waals surface area contributed by atoms with Gasteiger partial charge in [-0.15, -0.1) is 0 Å². The second kappa shape index (κ2) is 16.8. The Kier molecular flexibility index (Phi) is 12.9. The maximum Gasteiger partial charge on any atom is 0.337 e. The van der Waals surface area contributed by atoms with Crippen LogP contribution in [0.4, 0.5) is 0 Å². The van der Waals surface area contributed by atoms with Crippen molar-refractivity contribution < 1.29 is 42.8 Å². The summed E-state index contributed by atoms with van der Waals surface area (Å²) in [7, 11) is 4.25. The summed E-state index contributed by atoms with van der Waals surface area (Å²) in [5, 5.41) is 0. The first-order chi connectivity index (χ1) is 20.8. The molecule has 230 valence electrons. The summed E-state index contributed by atoms with van der Waals surface area (Å²) in [6, 6.07) is 16.1. The predicted molar refractivity (Wildman–Crippen MR) is 161 cm³/mol. The summed E-state index contributed by atoms with van der Waals surface area (Å²) in [4.78, 5) is 35.9. The molecule has 0 spiro atoms. The van der Waals surface area contributed by atoms with E-state index in [1.165, 1.54) is 21.1 Å². The Morgan fingerprint density at radius 3 is 2.05 bits per heavy atom. The highest BCUT2D eigenvalue weighted by molar-refractivity contribution is 5.97. The highest BCUT2D eigenvalue weighted by atomic mass is 16.5. The van der Waals surface area contributed by atoms with Crippen LogP contribution in [0.2, 0.25) is 0 Å². The van der Waals surface area contributed by atoms with Crippen LogP contribution >= 0.6 is 0 Å². The first-order valence-electron chi connectivity index (χ1n) is 14.3. The standard InChI is InChI=1S/C34H40O9/c1-6-10-28-31(17-15-26(23(2)35)33(28)39-4)42-20-9-19-41-29-13-8-14-30(27(29)16-18-32(36)38-3)43-22-24-11-7-12-25(21-24)34(37)40-5/h7-8,11-15,17,21H,6,9-10,16,18-20,22H2,1-5H3. The molecule has 0 heterocycles. The summed E-state index contributed by atoms with van der Waals surface area (Å²) in [5.74, 6) is 1.61. The third kappa shape index (κ3) is 9.23. The molecule has 0 amide bonds. The van der Waals surface area contributed by atoms with E-state index in [1.54, 1.807) is 31.4 Å². The van der Waals surface area contributed by atoms with Gasteiger partial charge >= 0.3 is 11.9 Å². The number of methoxy groups -OCH3 is 3. The van der Waals surface area contributed by atoms with Crippen LogP contribution < -0.4 is 18.9 Å². The minimum Gasteiger partial charge on any atom is -0.496 e. The molecule has 0 aliphatic heterocycles. The summed E-state index contributed by atoms with van der Waals surface area (Å²) >= 11 is 0. The third-order valence-electron chi connectivity index (χ3n) is 6.74. The Hall–Kier alpha value is -4.53. The monoisotopic (exact) mass is 592 g/mol. The molecule has 3 aromatic carbocycles. The van der Waals surface area contributed by atoms with E-state index in [-0.39, 0.29) is 24.8 Å². The number of Topliss-reactive ketones (excluding diaryl/α,β-unsaturated/α-hetero) is 1. The number of hydrogen-bond acceptors (Lipinski definition) is 9. The molecule has 0 N–H and O–H groups in total. The van der Waals surface area contributed by atoms with Crippen molar-refractivity contribution in [2.45, 2.75) is 52.6 Å². The van der Waals surface area contributed by atoms with Gasteiger partial charge in [0.1, 0.15) is 29.6 Å². The number of ether oxygens (including phenoxy) is 6. The lowest BCUT2D eigenvalue weighted by molar-refractivity contribution is -0.140. The SMILES string of the molecule is CCCc1c(OCCCOc2cccc(OCc3cccc(C(=O)OC)c3)c2CCC(=O)OC)ccc(C(C)=O)c1OC. The lowest BCUT2D eigenvalue weighted by Gasteiger charge is -2.18. The Morgan fingerprint density at radius 2 is 1.42 bits per heavy atom. The van der Waals surface area contributed by atoms with Gasteiger partial charge in [-0.3, -0.25) is 9.59 Å². The van der Waals surface area contributed by atoms with Crippen molar-refractivity contribution in [3.8, 4) is 23.0 Å². The smallest absolute Gasteiger partial charge is 0.337 e. The molecule has 0 fully saturated rings. The predicted octanol–water partition coefficient (Wildman–Crippen LogP) is 6.17. The minimum atomic E-state index is -0.422. The van der Waals surface area contributed by atoms with Crippen molar-refractivity contribution in [3.05, 3.63) is 82.4 Å². The van der Waals surface area contributed by atoms with Gasteiger partial charge in [-0.1, -0.05) is 31.5 Å². The van der Waals surface area contributed by atoms with E-state index in [1.807, 2.05) is 30.3 Å². The number of ketones is 1. The second-order valence-corrected chi connectivity index (χ2v) is 9.77. The van der Waals surface area contributed by atoms with Crippen molar-refractivity contribution in [1.82, 2.24) is 0 Å². The average molecular weight is 593 g/mol. The number of hydrogen-bond donors (Lipinski definition) is 0. The fraction of sp³-hybridized carbons (Fsp3) is 0.382. The fourth-order valence-electron chi connectivity index (χ4n) is 4.62. The van der Waals surface area contributed by atoms with E-state index in [9.17, 15) is 14.4 Å². The maximum absolute atomic E-state index is 12.1.